The molecule has 0 bridgehead atoms. The lowest BCUT2D eigenvalue weighted by atomic mass is 9.99. The third-order valence-corrected chi connectivity index (χ3v) is 4.94. The second kappa shape index (κ2) is 8.78. The van der Waals surface area contributed by atoms with E-state index >= 15 is 0 Å². The molecule has 2 amide bonds. The summed E-state index contributed by atoms with van der Waals surface area (Å²) in [7, 11) is 0. The Morgan fingerprint density at radius 1 is 1.04 bits per heavy atom. The van der Waals surface area contributed by atoms with Crippen molar-refractivity contribution in [3.63, 3.8) is 0 Å². The number of amides is 2. The minimum Gasteiger partial charge on any atom is -0.379 e. The summed E-state index contributed by atoms with van der Waals surface area (Å²) in [6.07, 6.45) is 0.907. The van der Waals surface area contributed by atoms with Crippen molar-refractivity contribution in [1.82, 2.24) is 20.0 Å². The third-order valence-electron chi connectivity index (χ3n) is 4.94. The van der Waals surface area contributed by atoms with E-state index in [9.17, 15) is 9.59 Å². The van der Waals surface area contributed by atoms with Crippen LogP contribution in [0.4, 0.5) is 0 Å². The highest BCUT2D eigenvalue weighted by Gasteiger charge is 2.38. The number of nitrogens with one attached hydrogen (secondary N) is 1. The van der Waals surface area contributed by atoms with E-state index in [2.05, 4.69) is 15.1 Å². The van der Waals surface area contributed by atoms with E-state index in [1.54, 1.807) is 0 Å². The number of morpholine rings is 1. The molecule has 0 aromatic rings. The van der Waals surface area contributed by atoms with Gasteiger partial charge in [-0.1, -0.05) is 0 Å². The van der Waals surface area contributed by atoms with Crippen molar-refractivity contribution < 1.29 is 14.3 Å². The molecule has 138 valence electrons. The first kappa shape index (κ1) is 19.1. The zero-order valence-corrected chi connectivity index (χ0v) is 15.3. The van der Waals surface area contributed by atoms with Crippen LogP contribution in [0.1, 0.15) is 27.2 Å². The maximum atomic E-state index is 13.0. The molecular formula is C17H32N4O3. The molecule has 0 aromatic carbocycles. The second-order valence-electron chi connectivity index (χ2n) is 7.03. The van der Waals surface area contributed by atoms with E-state index in [4.69, 9.17) is 4.74 Å². The average Bonchev–Trinajstić information content (AvgIpc) is 2.80. The number of nitrogens with zero attached hydrogens (tertiary/aromatic N) is 3. The van der Waals surface area contributed by atoms with Crippen LogP contribution in [0.5, 0.6) is 0 Å². The number of hydrogen-bond acceptors (Lipinski definition) is 5. The Bertz CT molecular complexity index is 436. The predicted molar refractivity (Wildman–Crippen MR) is 92.8 cm³/mol. The number of carbonyl (C=O) groups is 2. The molecule has 0 aromatic heterocycles. The maximum Gasteiger partial charge on any atom is 0.242 e. The monoisotopic (exact) mass is 340 g/mol. The Hall–Kier alpha value is -1.18. The van der Waals surface area contributed by atoms with Crippen molar-refractivity contribution in [2.24, 2.45) is 0 Å². The van der Waals surface area contributed by atoms with Gasteiger partial charge in [0.05, 0.1) is 25.3 Å². The van der Waals surface area contributed by atoms with Crippen LogP contribution >= 0.6 is 0 Å². The summed E-state index contributed by atoms with van der Waals surface area (Å²) in [6.45, 7) is 13.1. The highest BCUT2D eigenvalue weighted by atomic mass is 16.5. The van der Waals surface area contributed by atoms with Crippen molar-refractivity contribution in [3.05, 3.63) is 0 Å². The first-order chi connectivity index (χ1) is 11.4. The smallest absolute Gasteiger partial charge is 0.242 e. The van der Waals surface area contributed by atoms with Crippen molar-refractivity contribution in [2.45, 2.75) is 32.7 Å². The Morgan fingerprint density at radius 3 is 2.42 bits per heavy atom. The van der Waals surface area contributed by atoms with Crippen molar-refractivity contribution in [1.29, 1.82) is 0 Å². The van der Waals surface area contributed by atoms with Gasteiger partial charge in [0.2, 0.25) is 11.8 Å². The summed E-state index contributed by atoms with van der Waals surface area (Å²) < 4.78 is 5.40. The summed E-state index contributed by atoms with van der Waals surface area (Å²) in [5, 5.41) is 2.83. The van der Waals surface area contributed by atoms with Gasteiger partial charge in [0.1, 0.15) is 0 Å². The minimum atomic E-state index is -0.501. The second-order valence-corrected chi connectivity index (χ2v) is 7.03. The number of rotatable bonds is 5. The van der Waals surface area contributed by atoms with E-state index in [1.807, 2.05) is 25.7 Å². The molecule has 24 heavy (non-hydrogen) atoms. The number of likely N-dealkylation sites (N-methyl/N-ethyl adjacent to an activating group) is 1. The summed E-state index contributed by atoms with van der Waals surface area (Å²) >= 11 is 0. The fraction of sp³-hybridized carbons (Fsp3) is 0.882. The van der Waals surface area contributed by atoms with Crippen LogP contribution in [0.15, 0.2) is 0 Å². The van der Waals surface area contributed by atoms with Gasteiger partial charge in [-0.25, -0.2) is 0 Å². The van der Waals surface area contributed by atoms with Gasteiger partial charge in [0.15, 0.2) is 0 Å². The molecule has 0 radical (unpaired) electrons. The van der Waals surface area contributed by atoms with Crippen LogP contribution in [0.25, 0.3) is 0 Å². The number of ether oxygens (including phenoxy) is 1. The van der Waals surface area contributed by atoms with E-state index in [-0.39, 0.29) is 11.8 Å². The summed E-state index contributed by atoms with van der Waals surface area (Å²) in [6, 6.07) is 0. The van der Waals surface area contributed by atoms with Gasteiger partial charge in [-0.3, -0.25) is 19.4 Å². The molecule has 2 fully saturated rings. The molecule has 2 rings (SSSR count). The fourth-order valence-electron chi connectivity index (χ4n) is 3.43. The van der Waals surface area contributed by atoms with Crippen molar-refractivity contribution in [2.75, 3.05) is 65.6 Å². The summed E-state index contributed by atoms with van der Waals surface area (Å²) in [5.41, 5.74) is -0.501. The SMILES string of the molecule is CCNC(=O)CN1CCCN(C(=O)C(C)(C)N2CCOCC2)CC1. The van der Waals surface area contributed by atoms with Gasteiger partial charge in [0.25, 0.3) is 0 Å². The Kier molecular flexibility index (Phi) is 7.01. The van der Waals surface area contributed by atoms with Crippen LogP contribution < -0.4 is 5.32 Å². The first-order valence-electron chi connectivity index (χ1n) is 9.06. The fourth-order valence-corrected chi connectivity index (χ4v) is 3.43. The molecule has 2 aliphatic rings. The lowest BCUT2D eigenvalue weighted by Crippen LogP contribution is -2.59. The zero-order chi connectivity index (χ0) is 17.6. The zero-order valence-electron chi connectivity index (χ0n) is 15.3. The molecular weight excluding hydrogens is 308 g/mol. The summed E-state index contributed by atoms with van der Waals surface area (Å²) in [5.74, 6) is 0.246. The van der Waals surface area contributed by atoms with Gasteiger partial charge in [-0.15, -0.1) is 0 Å². The lowest BCUT2D eigenvalue weighted by molar-refractivity contribution is -0.145. The molecule has 0 aliphatic carbocycles. The molecule has 2 saturated heterocycles. The molecule has 7 nitrogen and oxygen atoms in total. The molecule has 0 atom stereocenters. The highest BCUT2D eigenvalue weighted by molar-refractivity contribution is 5.85. The molecule has 1 N–H and O–H groups in total. The largest absolute Gasteiger partial charge is 0.379 e. The van der Waals surface area contributed by atoms with E-state index in [0.717, 1.165) is 39.1 Å². The topological polar surface area (TPSA) is 65.1 Å². The maximum absolute atomic E-state index is 13.0. The predicted octanol–water partition coefficient (Wildman–Crippen LogP) is -0.232. The molecule has 7 heteroatoms. The third kappa shape index (κ3) is 4.91. The average molecular weight is 340 g/mol. The van der Waals surface area contributed by atoms with E-state index in [0.29, 0.717) is 32.8 Å². The Labute approximate surface area is 145 Å². The van der Waals surface area contributed by atoms with E-state index < -0.39 is 5.54 Å². The van der Waals surface area contributed by atoms with E-state index in [1.165, 1.54) is 0 Å². The van der Waals surface area contributed by atoms with Crippen LogP contribution in [0.3, 0.4) is 0 Å². The highest BCUT2D eigenvalue weighted by Crippen LogP contribution is 2.20. The normalized spacial score (nSPS) is 21.4. The van der Waals surface area contributed by atoms with Gasteiger partial charge >= 0.3 is 0 Å². The molecule has 2 aliphatic heterocycles. The quantitative estimate of drug-likeness (QED) is 0.749. The van der Waals surface area contributed by atoms with Crippen LogP contribution in [-0.4, -0.2) is 97.6 Å². The molecule has 2 heterocycles. The molecule has 0 spiro atoms. The van der Waals surface area contributed by atoms with Gasteiger partial charge < -0.3 is 15.0 Å². The van der Waals surface area contributed by atoms with Crippen LogP contribution in [0, 0.1) is 0 Å². The Balaban J connectivity index is 1.90. The minimum absolute atomic E-state index is 0.0610. The standard InChI is InChI=1S/C17H32N4O3/c1-4-18-15(22)14-19-6-5-7-20(9-8-19)16(23)17(2,3)21-10-12-24-13-11-21/h4-14H2,1-3H3,(H,18,22). The van der Waals surface area contributed by atoms with Crippen LogP contribution in [0.2, 0.25) is 0 Å². The van der Waals surface area contributed by atoms with Gasteiger partial charge in [-0.05, 0) is 27.2 Å². The number of carbonyl (C=O) groups excluding carboxylic acids is 2. The van der Waals surface area contributed by atoms with Gasteiger partial charge in [0, 0.05) is 45.8 Å². The first-order valence-corrected chi connectivity index (χ1v) is 9.06. The van der Waals surface area contributed by atoms with Crippen LogP contribution in [-0.2, 0) is 14.3 Å². The molecule has 0 unspecified atom stereocenters. The Morgan fingerprint density at radius 2 is 1.75 bits per heavy atom. The summed E-state index contributed by atoms with van der Waals surface area (Å²) in [4.78, 5) is 31.1. The number of hydrogen-bond donors (Lipinski definition) is 1. The van der Waals surface area contributed by atoms with Gasteiger partial charge in [-0.2, -0.15) is 0 Å². The van der Waals surface area contributed by atoms with Crippen molar-refractivity contribution >= 4 is 11.8 Å². The molecule has 0 saturated carbocycles. The lowest BCUT2D eigenvalue weighted by Gasteiger charge is -2.42. The van der Waals surface area contributed by atoms with Crippen molar-refractivity contribution in [3.8, 4) is 0 Å².